The molecule has 8 heteroatoms. The smallest absolute Gasteiger partial charge is 0.342 e. The molecule has 5 rings (SSSR count). The number of carbonyl (C=O) groups excluding carboxylic acids is 2. The first-order valence-electron chi connectivity index (χ1n) is 9.67. The molecule has 0 N–H and O–H groups in total. The van der Waals surface area contributed by atoms with Gasteiger partial charge in [-0.15, -0.1) is 0 Å². The van der Waals surface area contributed by atoms with Crippen molar-refractivity contribution in [1.29, 1.82) is 10.5 Å². The van der Waals surface area contributed by atoms with E-state index in [1.165, 1.54) is 0 Å². The molecule has 0 bridgehead atoms. The molecule has 0 atom stereocenters. The minimum Gasteiger partial charge on any atom is -0.440 e. The molecule has 0 saturated carbocycles. The summed E-state index contributed by atoms with van der Waals surface area (Å²) in [6, 6.07) is 21.1. The summed E-state index contributed by atoms with van der Waals surface area (Å²) in [7, 11) is 0. The Balaban J connectivity index is 1.62. The lowest BCUT2D eigenvalue weighted by Crippen LogP contribution is -2.34. The normalized spacial score (nSPS) is 14.4. The molecular weight excluding hydrogens is 408 g/mol. The van der Waals surface area contributed by atoms with Gasteiger partial charge in [0.05, 0.1) is 45.8 Å². The second-order valence-corrected chi connectivity index (χ2v) is 7.18. The zero-order chi connectivity index (χ0) is 22.2. The number of nitrogens with zero attached hydrogens (tertiary/aromatic N) is 4. The molecule has 8 nitrogen and oxygen atoms in total. The maximum Gasteiger partial charge on any atom is 0.342 e. The van der Waals surface area contributed by atoms with Gasteiger partial charge in [0.2, 0.25) is 0 Å². The van der Waals surface area contributed by atoms with Crippen LogP contribution in [0.3, 0.4) is 0 Å². The number of ether oxygens (including phenoxy) is 2. The summed E-state index contributed by atoms with van der Waals surface area (Å²) in [5.74, 6) is -0.988. The molecule has 2 aliphatic heterocycles. The number of hydrogen-bond donors (Lipinski definition) is 0. The van der Waals surface area contributed by atoms with Crippen molar-refractivity contribution in [3.05, 3.63) is 82.9 Å². The van der Waals surface area contributed by atoms with Gasteiger partial charge in [-0.2, -0.15) is 10.5 Å². The summed E-state index contributed by atoms with van der Waals surface area (Å²) in [4.78, 5) is 28.7. The minimum absolute atomic E-state index is 0.0229. The third-order valence-electron chi connectivity index (χ3n) is 5.40. The zero-order valence-corrected chi connectivity index (χ0v) is 16.6. The highest BCUT2D eigenvalue weighted by atomic mass is 16.6. The lowest BCUT2D eigenvalue weighted by Gasteiger charge is -2.35. The van der Waals surface area contributed by atoms with Crippen molar-refractivity contribution in [2.75, 3.05) is 23.3 Å². The molecule has 3 aromatic carbocycles. The molecule has 0 aromatic heterocycles. The third-order valence-corrected chi connectivity index (χ3v) is 5.40. The van der Waals surface area contributed by atoms with Crippen molar-refractivity contribution in [3.63, 3.8) is 0 Å². The van der Waals surface area contributed by atoms with Crippen LogP contribution >= 0.6 is 0 Å². The van der Waals surface area contributed by atoms with E-state index in [0.717, 1.165) is 0 Å². The molecule has 0 fully saturated rings. The maximum atomic E-state index is 12.6. The Morgan fingerprint density at radius 1 is 0.656 bits per heavy atom. The monoisotopic (exact) mass is 422 g/mol. The van der Waals surface area contributed by atoms with Crippen molar-refractivity contribution in [1.82, 2.24) is 0 Å². The van der Waals surface area contributed by atoms with E-state index in [1.807, 2.05) is 0 Å². The van der Waals surface area contributed by atoms with Crippen LogP contribution < -0.4 is 9.80 Å². The van der Waals surface area contributed by atoms with Crippen molar-refractivity contribution < 1.29 is 19.1 Å². The average molecular weight is 422 g/mol. The number of esters is 2. The average Bonchev–Trinajstić information content (AvgIpc) is 2.84. The quantitative estimate of drug-likeness (QED) is 0.571. The number of hydrogen-bond acceptors (Lipinski definition) is 8. The van der Waals surface area contributed by atoms with Crippen LogP contribution in [-0.4, -0.2) is 25.4 Å². The van der Waals surface area contributed by atoms with E-state index in [9.17, 15) is 9.59 Å². The van der Waals surface area contributed by atoms with Crippen LogP contribution in [-0.2, 0) is 9.47 Å². The van der Waals surface area contributed by atoms with Gasteiger partial charge in [-0.25, -0.2) is 9.59 Å². The number of rotatable bonds is 2. The van der Waals surface area contributed by atoms with Gasteiger partial charge < -0.3 is 19.3 Å². The molecule has 3 aromatic rings. The first-order chi connectivity index (χ1) is 15.6. The van der Waals surface area contributed by atoms with Crippen molar-refractivity contribution in [3.8, 4) is 12.1 Å². The van der Waals surface area contributed by atoms with Gasteiger partial charge in [0.25, 0.3) is 0 Å². The van der Waals surface area contributed by atoms with E-state index < -0.39 is 11.9 Å². The molecule has 0 amide bonds. The number of anilines is 4. The van der Waals surface area contributed by atoms with Crippen LogP contribution in [0.4, 0.5) is 22.7 Å². The SMILES string of the molecule is N#Cc1ccc(N2COC(=O)c3cc4c(cc32)C(=O)OCN4c2ccc(C#N)cc2)cc1. The van der Waals surface area contributed by atoms with Crippen molar-refractivity contribution in [2.24, 2.45) is 0 Å². The molecule has 32 heavy (non-hydrogen) atoms. The number of benzene rings is 3. The Hall–Kier alpha value is -4.82. The summed E-state index contributed by atoms with van der Waals surface area (Å²) >= 11 is 0. The molecular formula is C24H14N4O4. The lowest BCUT2D eigenvalue weighted by molar-refractivity contribution is 0.0473. The highest BCUT2D eigenvalue weighted by molar-refractivity contribution is 6.06. The van der Waals surface area contributed by atoms with E-state index in [4.69, 9.17) is 20.0 Å². The molecule has 2 aliphatic rings. The van der Waals surface area contributed by atoms with E-state index in [1.54, 1.807) is 70.5 Å². The molecule has 2 heterocycles. The van der Waals surface area contributed by atoms with Crippen molar-refractivity contribution in [2.45, 2.75) is 0 Å². The highest BCUT2D eigenvalue weighted by Gasteiger charge is 2.33. The van der Waals surface area contributed by atoms with Gasteiger partial charge in [0.15, 0.2) is 13.5 Å². The van der Waals surface area contributed by atoms with Crippen LogP contribution in [0.15, 0.2) is 60.7 Å². The van der Waals surface area contributed by atoms with Crippen LogP contribution in [0.5, 0.6) is 0 Å². The predicted molar refractivity (Wildman–Crippen MR) is 114 cm³/mol. The van der Waals surface area contributed by atoms with Crippen LogP contribution in [0, 0.1) is 22.7 Å². The molecule has 0 radical (unpaired) electrons. The third kappa shape index (κ3) is 3.08. The second kappa shape index (κ2) is 7.46. The molecule has 154 valence electrons. The highest BCUT2D eigenvalue weighted by Crippen LogP contribution is 2.41. The Bertz CT molecular complexity index is 1230. The van der Waals surface area contributed by atoms with Crippen LogP contribution in [0.25, 0.3) is 0 Å². The second-order valence-electron chi connectivity index (χ2n) is 7.18. The van der Waals surface area contributed by atoms with Crippen molar-refractivity contribution >= 4 is 34.7 Å². The predicted octanol–water partition coefficient (Wildman–Crippen LogP) is 3.96. The molecule has 0 saturated heterocycles. The number of nitriles is 2. The molecule has 0 unspecified atom stereocenters. The lowest BCUT2D eigenvalue weighted by atomic mass is 10.0. The van der Waals surface area contributed by atoms with Gasteiger partial charge in [0, 0.05) is 11.4 Å². The van der Waals surface area contributed by atoms with Crippen LogP contribution in [0.1, 0.15) is 31.8 Å². The molecule has 0 spiro atoms. The van der Waals surface area contributed by atoms with Gasteiger partial charge in [-0.3, -0.25) is 0 Å². The van der Waals surface area contributed by atoms with E-state index in [2.05, 4.69) is 12.1 Å². The fourth-order valence-corrected chi connectivity index (χ4v) is 3.75. The van der Waals surface area contributed by atoms with Gasteiger partial charge in [-0.1, -0.05) is 0 Å². The summed E-state index contributed by atoms with van der Waals surface area (Å²) < 4.78 is 10.7. The number of cyclic esters (lactones) is 2. The Kier molecular flexibility index (Phi) is 4.47. The standard InChI is InChI=1S/C24H14N4O4/c25-11-15-1-5-17(6-2-15)27-13-31-23(29)19-10-22-20(9-21(19)27)24(30)32-14-28(22)18-7-3-16(12-26)4-8-18/h1-10H,13-14H2. The van der Waals surface area contributed by atoms with E-state index >= 15 is 0 Å². The van der Waals surface area contributed by atoms with Gasteiger partial charge in [-0.05, 0) is 60.7 Å². The number of fused-ring (bicyclic) bond motifs is 2. The topological polar surface area (TPSA) is 107 Å². The summed E-state index contributed by atoms with van der Waals surface area (Å²) in [5, 5.41) is 18.1. The Morgan fingerprint density at radius 2 is 1.03 bits per heavy atom. The fourth-order valence-electron chi connectivity index (χ4n) is 3.75. The van der Waals surface area contributed by atoms with E-state index in [-0.39, 0.29) is 13.5 Å². The van der Waals surface area contributed by atoms with Gasteiger partial charge in [0.1, 0.15) is 0 Å². The first kappa shape index (κ1) is 19.2. The number of carbonyl (C=O) groups is 2. The summed E-state index contributed by atoms with van der Waals surface area (Å²) in [6.07, 6.45) is 0. The first-order valence-corrected chi connectivity index (χ1v) is 9.67. The van der Waals surface area contributed by atoms with E-state index in [0.29, 0.717) is 45.0 Å². The maximum absolute atomic E-state index is 12.6. The fraction of sp³-hybridized carbons (Fsp3) is 0.0833. The van der Waals surface area contributed by atoms with Gasteiger partial charge >= 0.3 is 11.9 Å². The minimum atomic E-state index is -0.494. The summed E-state index contributed by atoms with van der Waals surface area (Å²) in [5.41, 5.74) is 4.11. The largest absolute Gasteiger partial charge is 0.440 e. The Labute approximate surface area is 183 Å². The Morgan fingerprint density at radius 3 is 1.38 bits per heavy atom. The van der Waals surface area contributed by atoms with Crippen LogP contribution in [0.2, 0.25) is 0 Å². The summed E-state index contributed by atoms with van der Waals surface area (Å²) in [6.45, 7) is -0.0458. The molecule has 0 aliphatic carbocycles. The zero-order valence-electron chi connectivity index (χ0n) is 16.6.